The molecule has 0 N–H and O–H groups in total. The topological polar surface area (TPSA) is 55.3 Å². The van der Waals surface area contributed by atoms with Crippen LogP contribution in [-0.2, 0) is 20.1 Å². The first kappa shape index (κ1) is 30.8. The van der Waals surface area contributed by atoms with Crippen molar-refractivity contribution in [1.82, 2.24) is 0 Å². The van der Waals surface area contributed by atoms with Crippen molar-refractivity contribution < 1.29 is 46.8 Å². The van der Waals surface area contributed by atoms with E-state index in [0.29, 0.717) is 17.0 Å². The molecule has 0 saturated heterocycles. The van der Waals surface area contributed by atoms with Crippen molar-refractivity contribution in [3.8, 4) is 22.5 Å². The van der Waals surface area contributed by atoms with Gasteiger partial charge >= 0.3 is 0 Å². The third-order valence-corrected chi connectivity index (χ3v) is 4.12. The van der Waals surface area contributed by atoms with Crippen molar-refractivity contribution in [2.75, 3.05) is 0 Å². The average Bonchev–Trinajstić information content (AvgIpc) is 2.85. The average molecular weight is 653 g/mol. The van der Waals surface area contributed by atoms with Crippen LogP contribution in [0.3, 0.4) is 0 Å². The summed E-state index contributed by atoms with van der Waals surface area (Å²) in [7, 11) is 7.43. The van der Waals surface area contributed by atoms with Crippen molar-refractivity contribution >= 4 is 0 Å². The van der Waals surface area contributed by atoms with E-state index in [1.807, 2.05) is 0 Å². The summed E-state index contributed by atoms with van der Waals surface area (Å²) in [5.74, 6) is -3.06. The summed E-state index contributed by atoms with van der Waals surface area (Å²) in [4.78, 5) is 0. The fraction of sp³-hybridized carbons (Fsp3) is 0. The Morgan fingerprint density at radius 1 is 0.686 bits per heavy atom. The Hall–Kier alpha value is -4.17. The Morgan fingerprint density at radius 3 is 1.71 bits per heavy atom. The molecule has 4 rings (SSSR count). The Morgan fingerprint density at radius 2 is 1.23 bits per heavy atom. The van der Waals surface area contributed by atoms with Gasteiger partial charge in [-0.15, -0.1) is 30.3 Å². The van der Waals surface area contributed by atoms with E-state index in [9.17, 15) is 17.6 Å². The summed E-state index contributed by atoms with van der Waals surface area (Å²) in [6, 6.07) is 19.8. The first-order valence-corrected chi connectivity index (χ1v) is 9.19. The minimum Gasteiger partial charge on any atom is -0.512 e. The number of aromatic nitrogens is 2. The second-order valence-corrected chi connectivity index (χ2v) is 6.19. The fourth-order valence-electron chi connectivity index (χ4n) is 2.66. The van der Waals surface area contributed by atoms with Crippen LogP contribution in [0.4, 0.5) is 17.6 Å². The minimum absolute atomic E-state index is 0. The van der Waals surface area contributed by atoms with Crippen molar-refractivity contribution in [3.05, 3.63) is 136 Å². The standard InChI is InChI=1S/2C12H8F2N.2CN.Ir/c1-15-7-3-2-4-12(15)10-6-5-9(13)8-11(10)14;1-15-7-3-2-4-12(15)9-5-6-10(13)11(14)8-9;2*1-2;/h2-5,7-8H,1H2;2-4,6-8H,1H2;;;/q4*-1;. The van der Waals surface area contributed by atoms with Gasteiger partial charge in [0.05, 0.1) is 24.0 Å². The van der Waals surface area contributed by atoms with Crippen LogP contribution in [0.2, 0.25) is 0 Å². The molecule has 9 heteroatoms. The normalized spacial score (nSPS) is 8.91. The maximum absolute atomic E-state index is 13.4. The van der Waals surface area contributed by atoms with Gasteiger partial charge in [0.15, 0.2) is 0 Å². The van der Waals surface area contributed by atoms with Crippen LogP contribution in [-0.4, -0.2) is 0 Å². The molecule has 2 aromatic carbocycles. The van der Waals surface area contributed by atoms with Crippen LogP contribution in [0.5, 0.6) is 0 Å². The quantitative estimate of drug-likeness (QED) is 0.176. The van der Waals surface area contributed by atoms with Gasteiger partial charge in [-0.05, 0) is 17.7 Å². The van der Waals surface area contributed by atoms with E-state index >= 15 is 0 Å². The summed E-state index contributed by atoms with van der Waals surface area (Å²) >= 11 is 0. The van der Waals surface area contributed by atoms with Gasteiger partial charge < -0.3 is 32.8 Å². The monoisotopic (exact) mass is 653 g/mol. The number of nitrogens with zero attached hydrogens (tertiary/aromatic N) is 4. The fourth-order valence-corrected chi connectivity index (χ4v) is 2.66. The Balaban J connectivity index is 0.000000565. The van der Waals surface area contributed by atoms with Crippen LogP contribution in [0.1, 0.15) is 0 Å². The van der Waals surface area contributed by atoms with Crippen molar-refractivity contribution in [2.24, 2.45) is 0 Å². The minimum atomic E-state index is -0.898. The molecule has 2 heterocycles. The van der Waals surface area contributed by atoms with Crippen molar-refractivity contribution in [1.29, 1.82) is 10.5 Å². The van der Waals surface area contributed by atoms with Crippen LogP contribution >= 0.6 is 0 Å². The summed E-state index contributed by atoms with van der Waals surface area (Å²) in [5.41, 5.74) is 1.92. The van der Waals surface area contributed by atoms with E-state index in [-0.39, 0.29) is 25.7 Å². The molecule has 1 radical (unpaired) electrons. The number of benzene rings is 2. The second-order valence-electron chi connectivity index (χ2n) is 6.19. The zero-order valence-electron chi connectivity index (χ0n) is 18.0. The Kier molecular flexibility index (Phi) is 13.8. The van der Waals surface area contributed by atoms with Gasteiger partial charge in [-0.25, -0.2) is 4.39 Å². The van der Waals surface area contributed by atoms with Gasteiger partial charge in [0.1, 0.15) is 11.4 Å². The molecule has 4 aromatic rings. The largest absolute Gasteiger partial charge is 0.512 e. The van der Waals surface area contributed by atoms with Crippen LogP contribution in [0, 0.1) is 73.2 Å². The number of pyridine rings is 2. The van der Waals surface area contributed by atoms with Crippen LogP contribution in [0.15, 0.2) is 73.1 Å². The predicted octanol–water partition coefficient (Wildman–Crippen LogP) is 4.91. The molecular weight excluding hydrogens is 637 g/mol. The number of rotatable bonds is 2. The smallest absolute Gasteiger partial charge is 0.117 e. The van der Waals surface area contributed by atoms with Gasteiger partial charge in [-0.2, -0.15) is 0 Å². The maximum Gasteiger partial charge on any atom is 0.117 e. The summed E-state index contributed by atoms with van der Waals surface area (Å²) in [6.07, 6.45) is 3.41. The first-order chi connectivity index (χ1) is 16.4. The van der Waals surface area contributed by atoms with Gasteiger partial charge in [-0.3, -0.25) is 13.2 Å². The maximum atomic E-state index is 13.4. The second kappa shape index (κ2) is 15.6. The van der Waals surface area contributed by atoms with Gasteiger partial charge in [0.2, 0.25) is 0 Å². The van der Waals surface area contributed by atoms with Gasteiger partial charge in [0, 0.05) is 45.8 Å². The molecule has 0 saturated carbocycles. The zero-order valence-corrected chi connectivity index (χ0v) is 20.4. The van der Waals surface area contributed by atoms with Crippen LogP contribution < -0.4 is 9.13 Å². The Labute approximate surface area is 215 Å². The van der Waals surface area contributed by atoms with Crippen LogP contribution in [0.25, 0.3) is 22.5 Å². The SMILES string of the molecule is [C-]#N.[C-]#N.[CH2-][n+]1ccccc1-c1[c-]cc(F)c(F)c1.[CH2-][n+]1ccccc1-c1[c-]cc(F)cc1F.[Ir]. The number of hydrogen-bond donors (Lipinski definition) is 0. The molecule has 0 atom stereocenters. The third kappa shape index (κ3) is 8.60. The zero-order chi connectivity index (χ0) is 25.7. The number of halogens is 4. The molecular formula is C26H16F4IrN4-4. The third-order valence-electron chi connectivity index (χ3n) is 4.12. The molecule has 181 valence electrons. The van der Waals surface area contributed by atoms with Crippen molar-refractivity contribution in [2.45, 2.75) is 0 Å². The first-order valence-electron chi connectivity index (χ1n) is 9.19. The van der Waals surface area contributed by atoms with E-state index in [2.05, 4.69) is 26.2 Å². The molecule has 0 bridgehead atoms. The molecule has 0 unspecified atom stereocenters. The molecule has 4 nitrogen and oxygen atoms in total. The summed E-state index contributed by atoms with van der Waals surface area (Å²) in [5, 5.41) is 12.5. The Bertz CT molecular complexity index is 1270. The number of hydrogen-bond acceptors (Lipinski definition) is 2. The molecule has 0 aliphatic rings. The molecule has 35 heavy (non-hydrogen) atoms. The van der Waals surface area contributed by atoms with Gasteiger partial charge in [0.25, 0.3) is 0 Å². The van der Waals surface area contributed by atoms with Gasteiger partial charge in [-0.1, -0.05) is 35.9 Å². The van der Waals surface area contributed by atoms with E-state index in [1.54, 1.807) is 53.4 Å². The predicted molar refractivity (Wildman–Crippen MR) is 113 cm³/mol. The molecule has 2 aromatic heterocycles. The summed E-state index contributed by atoms with van der Waals surface area (Å²) in [6.45, 7) is 9.50. The molecule has 0 aliphatic heterocycles. The summed E-state index contributed by atoms with van der Waals surface area (Å²) < 4.78 is 54.8. The molecule has 0 aliphatic carbocycles. The van der Waals surface area contributed by atoms with E-state index in [4.69, 9.17) is 23.7 Å². The van der Waals surface area contributed by atoms with Crippen molar-refractivity contribution in [3.63, 3.8) is 0 Å². The van der Waals surface area contributed by atoms with E-state index in [1.165, 1.54) is 4.57 Å². The molecule has 0 fully saturated rings. The molecule has 0 spiro atoms. The van der Waals surface area contributed by atoms with E-state index in [0.717, 1.165) is 24.3 Å². The van der Waals surface area contributed by atoms with E-state index < -0.39 is 23.3 Å². The molecule has 0 amide bonds.